The smallest absolute Gasteiger partial charge is 0.305 e. The summed E-state index contributed by atoms with van der Waals surface area (Å²) in [4.78, 5) is 10.3. The van der Waals surface area contributed by atoms with Gasteiger partial charge >= 0.3 is 5.97 Å². The van der Waals surface area contributed by atoms with Crippen molar-refractivity contribution >= 4 is 21.9 Å². The molecule has 0 aliphatic carbocycles. The number of aromatic nitrogens is 2. The van der Waals surface area contributed by atoms with E-state index >= 15 is 0 Å². The second-order valence-electron chi connectivity index (χ2n) is 2.57. The molecular formula is C7H9BrN2O2. The lowest BCUT2D eigenvalue weighted by atomic mass is 10.2. The maximum atomic E-state index is 10.3. The summed E-state index contributed by atoms with van der Waals surface area (Å²) in [6.45, 7) is 1.81. The Morgan fingerprint density at radius 3 is 3.00 bits per heavy atom. The molecule has 5 heteroatoms. The van der Waals surface area contributed by atoms with E-state index in [1.165, 1.54) is 0 Å². The first kappa shape index (κ1) is 9.25. The minimum absolute atomic E-state index is 0.0914. The standard InChI is InChI=1S/C7H9BrN2O2/c1-5(4-7(11)12)10-3-2-6(8)9-10/h2-3,5H,4H2,1H3,(H,11,12). The number of carbonyl (C=O) groups is 1. The maximum Gasteiger partial charge on any atom is 0.305 e. The molecular weight excluding hydrogens is 224 g/mol. The van der Waals surface area contributed by atoms with Gasteiger partial charge in [-0.3, -0.25) is 9.48 Å². The van der Waals surface area contributed by atoms with Gasteiger partial charge in [0.15, 0.2) is 0 Å². The van der Waals surface area contributed by atoms with Gasteiger partial charge in [-0.05, 0) is 28.9 Å². The Labute approximate surface area is 78.3 Å². The first-order chi connectivity index (χ1) is 5.59. The van der Waals surface area contributed by atoms with Crippen molar-refractivity contribution in [1.82, 2.24) is 9.78 Å². The minimum atomic E-state index is -0.811. The molecule has 0 saturated carbocycles. The summed E-state index contributed by atoms with van der Waals surface area (Å²) in [7, 11) is 0. The summed E-state index contributed by atoms with van der Waals surface area (Å²) in [6.07, 6.45) is 1.84. The molecule has 0 fully saturated rings. The summed E-state index contributed by atoms with van der Waals surface area (Å²) in [6, 6.07) is 1.67. The first-order valence-corrected chi connectivity index (χ1v) is 4.31. The van der Waals surface area contributed by atoms with Crippen LogP contribution in [-0.4, -0.2) is 20.9 Å². The largest absolute Gasteiger partial charge is 0.481 e. The van der Waals surface area contributed by atoms with E-state index in [-0.39, 0.29) is 12.5 Å². The van der Waals surface area contributed by atoms with Crippen LogP contribution in [0.15, 0.2) is 16.9 Å². The number of hydrogen-bond acceptors (Lipinski definition) is 2. The van der Waals surface area contributed by atoms with Gasteiger partial charge in [-0.15, -0.1) is 0 Å². The lowest BCUT2D eigenvalue weighted by molar-refractivity contribution is -0.137. The lowest BCUT2D eigenvalue weighted by Crippen LogP contribution is -2.10. The summed E-state index contributed by atoms with van der Waals surface area (Å²) in [5, 5.41) is 12.5. The van der Waals surface area contributed by atoms with Crippen LogP contribution in [0.4, 0.5) is 0 Å². The monoisotopic (exact) mass is 232 g/mol. The van der Waals surface area contributed by atoms with Crippen LogP contribution < -0.4 is 0 Å². The van der Waals surface area contributed by atoms with Crippen LogP contribution in [0.5, 0.6) is 0 Å². The van der Waals surface area contributed by atoms with Crippen molar-refractivity contribution in [2.75, 3.05) is 0 Å². The molecule has 1 N–H and O–H groups in total. The molecule has 1 aromatic heterocycles. The second kappa shape index (κ2) is 3.71. The van der Waals surface area contributed by atoms with E-state index in [1.807, 2.05) is 6.92 Å². The van der Waals surface area contributed by atoms with E-state index in [9.17, 15) is 4.79 Å². The Hall–Kier alpha value is -0.840. The summed E-state index contributed by atoms with van der Waals surface area (Å²) >= 11 is 3.19. The van der Waals surface area contributed by atoms with Gasteiger partial charge in [0.2, 0.25) is 0 Å². The lowest BCUT2D eigenvalue weighted by Gasteiger charge is -2.07. The van der Waals surface area contributed by atoms with Crippen LogP contribution in [0.2, 0.25) is 0 Å². The number of carboxylic acid groups (broad SMARTS) is 1. The van der Waals surface area contributed by atoms with E-state index < -0.39 is 5.97 Å². The average Bonchev–Trinajstić information content (AvgIpc) is 2.34. The molecule has 0 radical (unpaired) electrons. The third-order valence-corrected chi connectivity index (χ3v) is 1.92. The van der Waals surface area contributed by atoms with E-state index in [1.54, 1.807) is 16.9 Å². The Kier molecular flexibility index (Phi) is 2.86. The normalized spacial score (nSPS) is 12.8. The molecule has 1 atom stereocenters. The maximum absolute atomic E-state index is 10.3. The number of carboxylic acids is 1. The summed E-state index contributed by atoms with van der Waals surface area (Å²) in [5.74, 6) is -0.811. The molecule has 1 rings (SSSR count). The molecule has 0 aromatic carbocycles. The van der Waals surface area contributed by atoms with Crippen molar-refractivity contribution in [3.8, 4) is 0 Å². The SMILES string of the molecule is CC(CC(=O)O)n1ccc(Br)n1. The highest BCUT2D eigenvalue weighted by Crippen LogP contribution is 2.12. The van der Waals surface area contributed by atoms with E-state index in [4.69, 9.17) is 5.11 Å². The van der Waals surface area contributed by atoms with Crippen molar-refractivity contribution in [1.29, 1.82) is 0 Å². The zero-order valence-corrected chi connectivity index (χ0v) is 8.15. The number of aliphatic carboxylic acids is 1. The van der Waals surface area contributed by atoms with Crippen LogP contribution in [-0.2, 0) is 4.79 Å². The van der Waals surface area contributed by atoms with Gasteiger partial charge in [-0.2, -0.15) is 5.10 Å². The average molecular weight is 233 g/mol. The van der Waals surface area contributed by atoms with Gasteiger partial charge in [0, 0.05) is 6.20 Å². The molecule has 0 amide bonds. The predicted molar refractivity (Wildman–Crippen MR) is 46.9 cm³/mol. The van der Waals surface area contributed by atoms with E-state index in [0.717, 1.165) is 4.60 Å². The number of nitrogens with zero attached hydrogens (tertiary/aromatic N) is 2. The molecule has 0 aliphatic rings. The fourth-order valence-electron chi connectivity index (χ4n) is 0.907. The van der Waals surface area contributed by atoms with Gasteiger partial charge in [0.05, 0.1) is 12.5 Å². The molecule has 1 unspecified atom stereocenters. The second-order valence-corrected chi connectivity index (χ2v) is 3.38. The highest BCUT2D eigenvalue weighted by Gasteiger charge is 2.09. The van der Waals surface area contributed by atoms with Crippen LogP contribution in [0.25, 0.3) is 0 Å². The zero-order valence-electron chi connectivity index (χ0n) is 6.57. The minimum Gasteiger partial charge on any atom is -0.481 e. The number of hydrogen-bond donors (Lipinski definition) is 1. The molecule has 1 heterocycles. The number of rotatable bonds is 3. The van der Waals surface area contributed by atoms with Crippen LogP contribution >= 0.6 is 15.9 Å². The molecule has 0 spiro atoms. The van der Waals surface area contributed by atoms with Crippen LogP contribution in [0.1, 0.15) is 19.4 Å². The Morgan fingerprint density at radius 1 is 1.92 bits per heavy atom. The molecule has 4 nitrogen and oxygen atoms in total. The van der Waals surface area contributed by atoms with Crippen molar-refractivity contribution in [2.45, 2.75) is 19.4 Å². The van der Waals surface area contributed by atoms with Gasteiger partial charge in [0.1, 0.15) is 4.60 Å². The van der Waals surface area contributed by atoms with Crippen molar-refractivity contribution < 1.29 is 9.90 Å². The molecule has 0 saturated heterocycles. The predicted octanol–water partition coefficient (Wildman–Crippen LogP) is 1.68. The van der Waals surface area contributed by atoms with Crippen molar-refractivity contribution in [2.24, 2.45) is 0 Å². The molecule has 0 aliphatic heterocycles. The Balaban J connectivity index is 2.64. The van der Waals surface area contributed by atoms with Gasteiger partial charge < -0.3 is 5.11 Å². The third kappa shape index (κ3) is 2.34. The molecule has 12 heavy (non-hydrogen) atoms. The van der Waals surface area contributed by atoms with Crippen molar-refractivity contribution in [3.05, 3.63) is 16.9 Å². The summed E-state index contributed by atoms with van der Waals surface area (Å²) < 4.78 is 2.35. The molecule has 1 aromatic rings. The van der Waals surface area contributed by atoms with Gasteiger partial charge in [0.25, 0.3) is 0 Å². The van der Waals surface area contributed by atoms with Gasteiger partial charge in [-0.25, -0.2) is 0 Å². The van der Waals surface area contributed by atoms with Gasteiger partial charge in [-0.1, -0.05) is 0 Å². The molecule has 0 bridgehead atoms. The zero-order chi connectivity index (χ0) is 9.14. The molecule has 66 valence electrons. The van der Waals surface area contributed by atoms with E-state index in [0.29, 0.717) is 0 Å². The Bertz CT molecular complexity index is 285. The van der Waals surface area contributed by atoms with E-state index in [2.05, 4.69) is 21.0 Å². The topological polar surface area (TPSA) is 55.1 Å². The van der Waals surface area contributed by atoms with Crippen molar-refractivity contribution in [3.63, 3.8) is 0 Å². The van der Waals surface area contributed by atoms with Crippen LogP contribution in [0, 0.1) is 0 Å². The fraction of sp³-hybridized carbons (Fsp3) is 0.429. The van der Waals surface area contributed by atoms with Crippen LogP contribution in [0.3, 0.4) is 0 Å². The summed E-state index contributed by atoms with van der Waals surface area (Å²) in [5.41, 5.74) is 0. The highest BCUT2D eigenvalue weighted by atomic mass is 79.9. The quantitative estimate of drug-likeness (QED) is 0.863. The Morgan fingerprint density at radius 2 is 2.58 bits per heavy atom. The highest BCUT2D eigenvalue weighted by molar-refractivity contribution is 9.10. The fourth-order valence-corrected chi connectivity index (χ4v) is 1.21. The number of halogens is 1. The first-order valence-electron chi connectivity index (χ1n) is 3.52. The third-order valence-electron chi connectivity index (χ3n) is 1.50.